The van der Waals surface area contributed by atoms with Gasteiger partial charge in [-0.15, -0.1) is 10.2 Å². The molecule has 1 aliphatic heterocycles. The summed E-state index contributed by atoms with van der Waals surface area (Å²) in [6, 6.07) is 5.87. The highest BCUT2D eigenvalue weighted by Crippen LogP contribution is 2.29. The van der Waals surface area contributed by atoms with E-state index in [4.69, 9.17) is 9.15 Å². The van der Waals surface area contributed by atoms with Crippen LogP contribution in [0.4, 0.5) is 5.82 Å². The Kier molecular flexibility index (Phi) is 6.67. The van der Waals surface area contributed by atoms with E-state index in [0.717, 1.165) is 30.7 Å². The first-order chi connectivity index (χ1) is 15.5. The molecule has 0 radical (unpaired) electrons. The number of nitriles is 1. The van der Waals surface area contributed by atoms with Crippen LogP contribution in [-0.2, 0) is 22.6 Å². The van der Waals surface area contributed by atoms with Gasteiger partial charge in [-0.3, -0.25) is 9.36 Å². The molecule has 0 spiro atoms. The molecule has 1 N–H and O–H groups in total. The van der Waals surface area contributed by atoms with Gasteiger partial charge in [0.2, 0.25) is 5.91 Å². The molecule has 1 fully saturated rings. The van der Waals surface area contributed by atoms with E-state index < -0.39 is 0 Å². The SMILES string of the molecule is CCn1c(SCC(=O)Nc2c(C#N)c(C)c(C)n2C[C@H]2CCCO2)nnc1-c1ccco1. The second-order valence-electron chi connectivity index (χ2n) is 7.66. The van der Waals surface area contributed by atoms with Crippen molar-refractivity contribution in [3.63, 3.8) is 0 Å². The van der Waals surface area contributed by atoms with Crippen LogP contribution in [0.5, 0.6) is 0 Å². The molecule has 4 heterocycles. The third kappa shape index (κ3) is 4.31. The van der Waals surface area contributed by atoms with Crippen molar-refractivity contribution in [1.82, 2.24) is 19.3 Å². The van der Waals surface area contributed by atoms with Gasteiger partial charge in [0.15, 0.2) is 16.7 Å². The van der Waals surface area contributed by atoms with Gasteiger partial charge in [0, 0.05) is 18.8 Å². The van der Waals surface area contributed by atoms with Crippen molar-refractivity contribution in [2.75, 3.05) is 17.7 Å². The monoisotopic (exact) mass is 454 g/mol. The van der Waals surface area contributed by atoms with Gasteiger partial charge in [0.05, 0.1) is 30.2 Å². The van der Waals surface area contributed by atoms with Crippen LogP contribution >= 0.6 is 11.8 Å². The molecule has 1 aliphatic rings. The lowest BCUT2D eigenvalue weighted by atomic mass is 10.2. The number of hydrogen-bond acceptors (Lipinski definition) is 7. The van der Waals surface area contributed by atoms with Crippen molar-refractivity contribution in [2.24, 2.45) is 0 Å². The Morgan fingerprint density at radius 1 is 1.38 bits per heavy atom. The summed E-state index contributed by atoms with van der Waals surface area (Å²) in [4.78, 5) is 12.8. The van der Waals surface area contributed by atoms with Gasteiger partial charge < -0.3 is 19.0 Å². The summed E-state index contributed by atoms with van der Waals surface area (Å²) in [5, 5.41) is 21.7. The van der Waals surface area contributed by atoms with Crippen LogP contribution in [0.1, 0.15) is 36.6 Å². The molecule has 0 saturated carbocycles. The number of thioether (sulfide) groups is 1. The molecule has 0 unspecified atom stereocenters. The van der Waals surface area contributed by atoms with Crippen LogP contribution in [-0.4, -0.2) is 43.7 Å². The average Bonchev–Trinajstić information content (AvgIpc) is 3.58. The molecule has 1 saturated heterocycles. The van der Waals surface area contributed by atoms with Crippen LogP contribution in [0.25, 0.3) is 11.6 Å². The zero-order valence-electron chi connectivity index (χ0n) is 18.4. The van der Waals surface area contributed by atoms with E-state index >= 15 is 0 Å². The van der Waals surface area contributed by atoms with Crippen molar-refractivity contribution in [1.29, 1.82) is 5.26 Å². The Balaban J connectivity index is 1.49. The number of nitrogens with zero attached hydrogens (tertiary/aromatic N) is 5. The zero-order valence-corrected chi connectivity index (χ0v) is 19.2. The average molecular weight is 455 g/mol. The maximum absolute atomic E-state index is 12.8. The van der Waals surface area contributed by atoms with Gasteiger partial charge in [-0.1, -0.05) is 11.8 Å². The Morgan fingerprint density at radius 2 is 2.22 bits per heavy atom. The summed E-state index contributed by atoms with van der Waals surface area (Å²) >= 11 is 1.30. The number of aromatic nitrogens is 4. The van der Waals surface area contributed by atoms with E-state index in [2.05, 4.69) is 21.6 Å². The minimum atomic E-state index is -0.206. The number of nitrogens with one attached hydrogen (secondary N) is 1. The van der Waals surface area contributed by atoms with Gasteiger partial charge in [0.1, 0.15) is 11.9 Å². The molecule has 3 aromatic heterocycles. The van der Waals surface area contributed by atoms with Gasteiger partial charge in [-0.25, -0.2) is 0 Å². The molecule has 1 atom stereocenters. The third-order valence-electron chi connectivity index (χ3n) is 5.72. The minimum Gasteiger partial charge on any atom is -0.461 e. The van der Waals surface area contributed by atoms with Gasteiger partial charge in [-0.05, 0) is 51.3 Å². The molecule has 3 aromatic rings. The molecule has 168 valence electrons. The summed E-state index contributed by atoms with van der Waals surface area (Å²) in [6.45, 7) is 7.88. The molecular weight excluding hydrogens is 428 g/mol. The number of amides is 1. The lowest BCUT2D eigenvalue weighted by Crippen LogP contribution is -2.22. The van der Waals surface area contributed by atoms with Crippen LogP contribution in [0.15, 0.2) is 28.0 Å². The lowest BCUT2D eigenvalue weighted by molar-refractivity contribution is -0.113. The molecule has 10 heteroatoms. The third-order valence-corrected chi connectivity index (χ3v) is 6.68. The second-order valence-corrected chi connectivity index (χ2v) is 8.60. The fourth-order valence-corrected chi connectivity index (χ4v) is 4.72. The fraction of sp³-hybridized carbons (Fsp3) is 0.455. The van der Waals surface area contributed by atoms with E-state index in [1.165, 1.54) is 11.8 Å². The Morgan fingerprint density at radius 3 is 2.88 bits per heavy atom. The van der Waals surface area contributed by atoms with E-state index in [0.29, 0.717) is 41.2 Å². The summed E-state index contributed by atoms with van der Waals surface area (Å²) in [7, 11) is 0. The smallest absolute Gasteiger partial charge is 0.235 e. The summed E-state index contributed by atoms with van der Waals surface area (Å²) in [6.07, 6.45) is 3.70. The Labute approximate surface area is 190 Å². The van der Waals surface area contributed by atoms with Gasteiger partial charge in [0.25, 0.3) is 0 Å². The maximum Gasteiger partial charge on any atom is 0.235 e. The number of carbonyl (C=O) groups is 1. The molecule has 4 rings (SSSR count). The number of carbonyl (C=O) groups excluding carboxylic acids is 1. The second kappa shape index (κ2) is 9.63. The number of furan rings is 1. The largest absolute Gasteiger partial charge is 0.461 e. The summed E-state index contributed by atoms with van der Waals surface area (Å²) in [5.41, 5.74) is 2.34. The summed E-state index contributed by atoms with van der Waals surface area (Å²) in [5.74, 6) is 1.74. The van der Waals surface area contributed by atoms with Crippen molar-refractivity contribution in [3.8, 4) is 17.7 Å². The lowest BCUT2D eigenvalue weighted by Gasteiger charge is -2.16. The number of anilines is 1. The predicted octanol–water partition coefficient (Wildman–Crippen LogP) is 3.76. The van der Waals surface area contributed by atoms with Crippen LogP contribution in [0.2, 0.25) is 0 Å². The van der Waals surface area contributed by atoms with Crippen LogP contribution < -0.4 is 5.32 Å². The first-order valence-corrected chi connectivity index (χ1v) is 11.6. The van der Waals surface area contributed by atoms with E-state index in [9.17, 15) is 10.1 Å². The van der Waals surface area contributed by atoms with Crippen LogP contribution in [0.3, 0.4) is 0 Å². The van der Waals surface area contributed by atoms with Crippen molar-refractivity contribution < 1.29 is 13.9 Å². The number of rotatable bonds is 8. The number of hydrogen-bond donors (Lipinski definition) is 1. The molecule has 32 heavy (non-hydrogen) atoms. The highest BCUT2D eigenvalue weighted by Gasteiger charge is 2.24. The highest BCUT2D eigenvalue weighted by molar-refractivity contribution is 7.99. The van der Waals surface area contributed by atoms with E-state index in [1.54, 1.807) is 12.3 Å². The van der Waals surface area contributed by atoms with Crippen molar-refractivity contribution in [2.45, 2.75) is 58.0 Å². The van der Waals surface area contributed by atoms with E-state index in [-0.39, 0.29) is 17.8 Å². The first kappa shape index (κ1) is 22.2. The van der Waals surface area contributed by atoms with Crippen LogP contribution in [0, 0.1) is 25.2 Å². The fourth-order valence-electron chi connectivity index (χ4n) is 3.92. The van der Waals surface area contributed by atoms with Crippen molar-refractivity contribution >= 4 is 23.5 Å². The molecular formula is C22H26N6O3S. The molecule has 1 amide bonds. The molecule has 0 bridgehead atoms. The number of ether oxygens (including phenoxy) is 1. The Bertz CT molecular complexity index is 1140. The standard InChI is InChI=1S/C22H26N6O3S/c1-4-27-21(18-8-6-10-31-18)25-26-22(27)32-13-19(29)24-20-17(11-23)14(2)15(3)28(20)12-16-7-5-9-30-16/h6,8,10,16H,4-5,7,9,12-13H2,1-3H3,(H,24,29)/t16-/m1/s1. The van der Waals surface area contributed by atoms with Crippen molar-refractivity contribution in [3.05, 3.63) is 35.2 Å². The molecule has 9 nitrogen and oxygen atoms in total. The quantitative estimate of drug-likeness (QED) is 0.516. The predicted molar refractivity (Wildman–Crippen MR) is 120 cm³/mol. The Hall–Kier alpha value is -3.03. The van der Waals surface area contributed by atoms with E-state index in [1.807, 2.05) is 36.0 Å². The normalized spacial score (nSPS) is 15.8. The topological polar surface area (TPSA) is 111 Å². The molecule has 0 aliphatic carbocycles. The maximum atomic E-state index is 12.8. The van der Waals surface area contributed by atoms with Gasteiger partial charge in [-0.2, -0.15) is 5.26 Å². The highest BCUT2D eigenvalue weighted by atomic mass is 32.2. The first-order valence-electron chi connectivity index (χ1n) is 10.6. The summed E-state index contributed by atoms with van der Waals surface area (Å²) < 4.78 is 15.1. The minimum absolute atomic E-state index is 0.0974. The molecule has 0 aromatic carbocycles. The zero-order chi connectivity index (χ0) is 22.7. The van der Waals surface area contributed by atoms with Gasteiger partial charge >= 0.3 is 0 Å².